The number of hydrogen-bond acceptors (Lipinski definition) is 6. The number of piperazine rings is 1. The molecule has 1 aliphatic heterocycles. The molecule has 1 fully saturated rings. The maximum absolute atomic E-state index is 13.5. The molecule has 12 heteroatoms. The Morgan fingerprint density at radius 2 is 1.63 bits per heavy atom. The van der Waals surface area contributed by atoms with Gasteiger partial charge in [0.15, 0.2) is 0 Å². The summed E-state index contributed by atoms with van der Waals surface area (Å²) in [6.45, 7) is 3.48. The minimum absolute atomic E-state index is 0.0407. The number of amides is 2. The molecule has 0 atom stereocenters. The Bertz CT molecular complexity index is 1860. The first-order valence-electron chi connectivity index (χ1n) is 14.5. The van der Waals surface area contributed by atoms with Crippen molar-refractivity contribution < 1.29 is 32.6 Å². The fourth-order valence-corrected chi connectivity index (χ4v) is 5.36. The molecule has 0 unspecified atom stereocenters. The van der Waals surface area contributed by atoms with Gasteiger partial charge in [0.05, 0.1) is 23.0 Å². The number of benzene rings is 3. The Labute approximate surface area is 262 Å². The van der Waals surface area contributed by atoms with Gasteiger partial charge >= 0.3 is 6.18 Å². The van der Waals surface area contributed by atoms with Crippen molar-refractivity contribution in [2.24, 2.45) is 7.05 Å². The smallest absolute Gasteiger partial charge is 0.416 e. The number of carbonyl (C=O) groups excluding carboxylic acids is 2. The van der Waals surface area contributed by atoms with Crippen molar-refractivity contribution in [3.05, 3.63) is 114 Å². The highest BCUT2D eigenvalue weighted by Gasteiger charge is 2.30. The predicted molar refractivity (Wildman–Crippen MR) is 166 cm³/mol. The molecule has 0 radical (unpaired) electrons. The molecule has 46 heavy (non-hydrogen) atoms. The average molecular weight is 630 g/mol. The minimum atomic E-state index is -4.48. The van der Waals surface area contributed by atoms with Gasteiger partial charge in [0.25, 0.3) is 11.8 Å². The second-order valence-corrected chi connectivity index (χ2v) is 11.1. The number of phenolic OH excluding ortho intramolecular Hbond substituents is 1. The molecule has 1 aliphatic rings. The number of aromatic hydroxyl groups is 1. The summed E-state index contributed by atoms with van der Waals surface area (Å²) in [7, 11) is 1.84. The summed E-state index contributed by atoms with van der Waals surface area (Å²) < 4.78 is 46.1. The largest absolute Gasteiger partial charge is 0.508 e. The van der Waals surface area contributed by atoms with Gasteiger partial charge in [-0.2, -0.15) is 13.2 Å². The number of rotatable bonds is 7. The van der Waals surface area contributed by atoms with E-state index in [1.165, 1.54) is 6.20 Å². The van der Waals surface area contributed by atoms with Crippen LogP contribution in [0.2, 0.25) is 0 Å². The molecule has 2 amide bonds. The van der Waals surface area contributed by atoms with Crippen LogP contribution in [0, 0.1) is 0 Å². The summed E-state index contributed by atoms with van der Waals surface area (Å²) >= 11 is 0. The van der Waals surface area contributed by atoms with Crippen LogP contribution < -0.4 is 10.1 Å². The highest BCUT2D eigenvalue weighted by Crippen LogP contribution is 2.30. The molecule has 3 aromatic carbocycles. The summed E-state index contributed by atoms with van der Waals surface area (Å²) in [6.07, 6.45) is -3.09. The molecule has 236 valence electrons. The van der Waals surface area contributed by atoms with E-state index >= 15 is 0 Å². The van der Waals surface area contributed by atoms with Gasteiger partial charge in [-0.3, -0.25) is 14.5 Å². The van der Waals surface area contributed by atoms with E-state index in [0.29, 0.717) is 30.2 Å². The monoisotopic (exact) mass is 629 g/mol. The SMILES string of the molecule is Cn1c(C(=O)N2CCN(Cc3ccc(O)cc3)CC2)cc2ccc(Oc3ccc(NC(=O)c4ccc(C(F)(F)F)cc4)cn3)cc21. The van der Waals surface area contributed by atoms with Crippen LogP contribution in [0.1, 0.15) is 32.0 Å². The average Bonchev–Trinajstić information content (AvgIpc) is 3.38. The van der Waals surface area contributed by atoms with E-state index in [1.54, 1.807) is 30.3 Å². The van der Waals surface area contributed by atoms with E-state index in [0.717, 1.165) is 60.4 Å². The highest BCUT2D eigenvalue weighted by molar-refractivity contribution is 6.04. The van der Waals surface area contributed by atoms with E-state index in [-0.39, 0.29) is 23.1 Å². The number of phenols is 1. The van der Waals surface area contributed by atoms with Gasteiger partial charge in [0.2, 0.25) is 5.88 Å². The Balaban J connectivity index is 1.06. The number of carbonyl (C=O) groups is 2. The maximum Gasteiger partial charge on any atom is 0.416 e. The molecule has 6 rings (SSSR count). The molecule has 0 bridgehead atoms. The topological polar surface area (TPSA) is 99.9 Å². The van der Waals surface area contributed by atoms with Gasteiger partial charge < -0.3 is 24.6 Å². The standard InChI is InChI=1S/C34H30F3N5O4/c1-40-29-19-28(46-31-13-9-26(20-38-31)39-32(44)23-4-7-25(8-5-23)34(35,36)37)12-6-24(29)18-30(40)33(45)42-16-14-41(15-17-42)21-22-2-10-27(43)11-3-22/h2-13,18-20,43H,14-17,21H2,1H3,(H,39,44). The summed E-state index contributed by atoms with van der Waals surface area (Å²) in [5.74, 6) is 0.400. The van der Waals surface area contributed by atoms with Gasteiger partial charge in [-0.15, -0.1) is 0 Å². The lowest BCUT2D eigenvalue weighted by molar-refractivity contribution is -0.137. The molecule has 0 spiro atoms. The zero-order valence-electron chi connectivity index (χ0n) is 24.8. The van der Waals surface area contributed by atoms with Gasteiger partial charge in [0, 0.05) is 62.9 Å². The van der Waals surface area contributed by atoms with Gasteiger partial charge in [-0.25, -0.2) is 4.98 Å². The van der Waals surface area contributed by atoms with Crippen LogP contribution in [0.25, 0.3) is 10.9 Å². The number of aromatic nitrogens is 2. The minimum Gasteiger partial charge on any atom is -0.508 e. The number of nitrogens with zero attached hydrogens (tertiary/aromatic N) is 4. The third-order valence-electron chi connectivity index (χ3n) is 7.93. The van der Waals surface area contributed by atoms with Crippen LogP contribution in [0.5, 0.6) is 17.4 Å². The van der Waals surface area contributed by atoms with E-state index in [2.05, 4.69) is 15.2 Å². The fourth-order valence-electron chi connectivity index (χ4n) is 5.36. The van der Waals surface area contributed by atoms with Gasteiger partial charge in [-0.1, -0.05) is 12.1 Å². The summed E-state index contributed by atoms with van der Waals surface area (Å²) in [4.78, 5) is 34.3. The van der Waals surface area contributed by atoms with Crippen molar-refractivity contribution in [3.8, 4) is 17.4 Å². The van der Waals surface area contributed by atoms with Gasteiger partial charge in [0.1, 0.15) is 17.2 Å². The van der Waals surface area contributed by atoms with Crippen molar-refractivity contribution in [2.75, 3.05) is 31.5 Å². The number of hydrogen-bond donors (Lipinski definition) is 2. The summed E-state index contributed by atoms with van der Waals surface area (Å²) in [5, 5.41) is 13.0. The van der Waals surface area contributed by atoms with Crippen LogP contribution in [-0.2, 0) is 19.8 Å². The maximum atomic E-state index is 13.5. The van der Waals surface area contributed by atoms with Crippen LogP contribution >= 0.6 is 0 Å². The lowest BCUT2D eigenvalue weighted by atomic mass is 10.1. The van der Waals surface area contributed by atoms with Crippen molar-refractivity contribution in [2.45, 2.75) is 12.7 Å². The molecule has 2 aromatic heterocycles. The van der Waals surface area contributed by atoms with Crippen LogP contribution in [-0.4, -0.2) is 62.5 Å². The van der Waals surface area contributed by atoms with Gasteiger partial charge in [-0.05, 0) is 66.2 Å². The molecule has 5 aromatic rings. The van der Waals surface area contributed by atoms with E-state index in [1.807, 2.05) is 46.8 Å². The van der Waals surface area contributed by atoms with Crippen molar-refractivity contribution >= 4 is 28.4 Å². The molecular weight excluding hydrogens is 599 g/mol. The molecule has 0 aliphatic carbocycles. The molecule has 3 heterocycles. The number of nitrogens with one attached hydrogen (secondary N) is 1. The van der Waals surface area contributed by atoms with E-state index in [4.69, 9.17) is 4.74 Å². The quantitative estimate of drug-likeness (QED) is 0.219. The zero-order valence-corrected chi connectivity index (χ0v) is 24.8. The number of aryl methyl sites for hydroxylation is 1. The number of anilines is 1. The molecular formula is C34H30F3N5O4. The Morgan fingerprint density at radius 1 is 0.913 bits per heavy atom. The van der Waals surface area contributed by atoms with Crippen molar-refractivity contribution in [1.29, 1.82) is 0 Å². The lowest BCUT2D eigenvalue weighted by Gasteiger charge is -2.34. The number of ether oxygens (including phenoxy) is 1. The second kappa shape index (κ2) is 12.6. The lowest BCUT2D eigenvalue weighted by Crippen LogP contribution is -2.48. The van der Waals surface area contributed by atoms with Crippen LogP contribution in [0.4, 0.5) is 18.9 Å². The Hall–Kier alpha value is -5.36. The van der Waals surface area contributed by atoms with Crippen molar-refractivity contribution in [3.63, 3.8) is 0 Å². The fraction of sp³-hybridized carbons (Fsp3) is 0.206. The molecule has 1 saturated heterocycles. The number of alkyl halides is 3. The number of fused-ring (bicyclic) bond motifs is 1. The third kappa shape index (κ3) is 6.81. The first-order valence-corrected chi connectivity index (χ1v) is 14.5. The molecule has 9 nitrogen and oxygen atoms in total. The first kappa shape index (κ1) is 30.7. The number of pyridine rings is 1. The molecule has 0 saturated carbocycles. The first-order chi connectivity index (χ1) is 22.0. The summed E-state index contributed by atoms with van der Waals surface area (Å²) in [6, 6.07) is 21.6. The number of halogens is 3. The Morgan fingerprint density at radius 3 is 2.28 bits per heavy atom. The molecule has 2 N–H and O–H groups in total. The predicted octanol–water partition coefficient (Wildman–Crippen LogP) is 6.30. The van der Waals surface area contributed by atoms with Crippen molar-refractivity contribution in [1.82, 2.24) is 19.4 Å². The normalized spacial score (nSPS) is 14.0. The third-order valence-corrected chi connectivity index (χ3v) is 7.93. The van der Waals surface area contributed by atoms with E-state index < -0.39 is 17.6 Å². The Kier molecular flexibility index (Phi) is 8.37. The highest BCUT2D eigenvalue weighted by atomic mass is 19.4. The zero-order chi connectivity index (χ0) is 32.4. The van der Waals surface area contributed by atoms with Crippen LogP contribution in [0.3, 0.4) is 0 Å². The summed E-state index contributed by atoms with van der Waals surface area (Å²) in [5.41, 5.74) is 2.09. The van der Waals surface area contributed by atoms with E-state index in [9.17, 15) is 27.9 Å². The van der Waals surface area contributed by atoms with Crippen LogP contribution in [0.15, 0.2) is 91.1 Å². The second-order valence-electron chi connectivity index (χ2n) is 11.1.